The van der Waals surface area contributed by atoms with Gasteiger partial charge in [-0.1, -0.05) is 30.3 Å². The molecular formula is C9H10N2O. The summed E-state index contributed by atoms with van der Waals surface area (Å²) in [7, 11) is 0. The molecule has 0 saturated carbocycles. The lowest BCUT2D eigenvalue weighted by Crippen LogP contribution is -2.12. The highest BCUT2D eigenvalue weighted by atomic mass is 16.1. The van der Waals surface area contributed by atoms with Crippen molar-refractivity contribution < 1.29 is 4.79 Å². The van der Waals surface area contributed by atoms with Gasteiger partial charge in [-0.05, 0) is 6.92 Å². The predicted molar refractivity (Wildman–Crippen MR) is 48.1 cm³/mol. The molecule has 0 radical (unpaired) electrons. The highest BCUT2D eigenvalue weighted by molar-refractivity contribution is 6.45. The van der Waals surface area contributed by atoms with Crippen molar-refractivity contribution in [3.05, 3.63) is 35.9 Å². The smallest absolute Gasteiger partial charge is 0.208 e. The van der Waals surface area contributed by atoms with Crippen molar-refractivity contribution >= 4 is 11.5 Å². The zero-order valence-corrected chi connectivity index (χ0v) is 6.82. The summed E-state index contributed by atoms with van der Waals surface area (Å²) in [5, 5.41) is 3.33. The van der Waals surface area contributed by atoms with Gasteiger partial charge >= 0.3 is 0 Å². The molecule has 0 aliphatic rings. The van der Waals surface area contributed by atoms with Crippen LogP contribution >= 0.6 is 0 Å². The topological polar surface area (TPSA) is 55.4 Å². The Morgan fingerprint density at radius 1 is 1.33 bits per heavy atom. The number of nitrogens with two attached hydrogens (primary N) is 1. The Balaban J connectivity index is 2.94. The average molecular weight is 162 g/mol. The zero-order chi connectivity index (χ0) is 8.97. The van der Waals surface area contributed by atoms with Crippen LogP contribution in [0.25, 0.3) is 0 Å². The number of hydrogen-bond donors (Lipinski definition) is 1. The molecule has 3 nitrogen and oxygen atoms in total. The molecule has 0 amide bonds. The van der Waals surface area contributed by atoms with E-state index < -0.39 is 0 Å². The summed E-state index contributed by atoms with van der Waals surface area (Å²) in [5.41, 5.74) is 0.936. The Hall–Kier alpha value is -1.64. The molecule has 0 spiro atoms. The van der Waals surface area contributed by atoms with Crippen LogP contribution in [-0.2, 0) is 0 Å². The van der Waals surface area contributed by atoms with E-state index in [0.29, 0.717) is 11.3 Å². The van der Waals surface area contributed by atoms with Gasteiger partial charge in [0.25, 0.3) is 0 Å². The van der Waals surface area contributed by atoms with Crippen molar-refractivity contribution in [2.24, 2.45) is 10.9 Å². The van der Waals surface area contributed by atoms with Gasteiger partial charge in [0, 0.05) is 5.56 Å². The fourth-order valence-corrected chi connectivity index (χ4v) is 0.857. The number of rotatable bonds is 2. The van der Waals surface area contributed by atoms with E-state index in [0.717, 1.165) is 0 Å². The molecular weight excluding hydrogens is 152 g/mol. The van der Waals surface area contributed by atoms with Crippen molar-refractivity contribution in [3.63, 3.8) is 0 Å². The van der Waals surface area contributed by atoms with E-state index in [4.69, 9.17) is 5.84 Å². The van der Waals surface area contributed by atoms with E-state index in [9.17, 15) is 4.79 Å². The lowest BCUT2D eigenvalue weighted by molar-refractivity contribution is 0.106. The van der Waals surface area contributed by atoms with Gasteiger partial charge in [0.15, 0.2) is 0 Å². The number of Topliss-reactive ketones (excluding diaryl/α,β-unsaturated/α-hetero) is 1. The molecule has 0 aliphatic heterocycles. The molecule has 62 valence electrons. The molecule has 0 atom stereocenters. The molecule has 3 heteroatoms. The van der Waals surface area contributed by atoms with Crippen LogP contribution in [-0.4, -0.2) is 11.5 Å². The van der Waals surface area contributed by atoms with Crippen molar-refractivity contribution in [3.8, 4) is 0 Å². The fraction of sp³-hybridized carbons (Fsp3) is 0.111. The first-order chi connectivity index (χ1) is 5.75. The number of hydrazone groups is 1. The Bertz CT molecular complexity index is 304. The first kappa shape index (κ1) is 8.46. The van der Waals surface area contributed by atoms with Crippen LogP contribution in [0.4, 0.5) is 0 Å². The number of benzene rings is 1. The Labute approximate surface area is 70.9 Å². The van der Waals surface area contributed by atoms with E-state index in [1.165, 1.54) is 0 Å². The van der Waals surface area contributed by atoms with Crippen LogP contribution in [0.2, 0.25) is 0 Å². The maximum atomic E-state index is 11.4. The van der Waals surface area contributed by atoms with Crippen molar-refractivity contribution in [1.29, 1.82) is 0 Å². The summed E-state index contributed by atoms with van der Waals surface area (Å²) in [6.07, 6.45) is 0. The molecule has 0 fully saturated rings. The minimum atomic E-state index is -0.127. The largest absolute Gasteiger partial charge is 0.323 e. The third-order valence-electron chi connectivity index (χ3n) is 1.56. The minimum Gasteiger partial charge on any atom is -0.323 e. The zero-order valence-electron chi connectivity index (χ0n) is 6.82. The monoisotopic (exact) mass is 162 g/mol. The number of ketones is 1. The Morgan fingerprint density at radius 3 is 2.42 bits per heavy atom. The third kappa shape index (κ3) is 1.69. The van der Waals surface area contributed by atoms with Crippen LogP contribution in [0.5, 0.6) is 0 Å². The second-order valence-electron chi connectivity index (χ2n) is 2.41. The first-order valence-electron chi connectivity index (χ1n) is 3.60. The van der Waals surface area contributed by atoms with Crippen LogP contribution in [0, 0.1) is 0 Å². The van der Waals surface area contributed by atoms with Crippen LogP contribution in [0.15, 0.2) is 35.4 Å². The van der Waals surface area contributed by atoms with Gasteiger partial charge in [0.05, 0.1) is 0 Å². The summed E-state index contributed by atoms with van der Waals surface area (Å²) in [6, 6.07) is 8.92. The van der Waals surface area contributed by atoms with Gasteiger partial charge in [-0.15, -0.1) is 0 Å². The summed E-state index contributed by atoms with van der Waals surface area (Å²) in [5.74, 6) is 4.85. The van der Waals surface area contributed by atoms with E-state index in [1.807, 2.05) is 6.07 Å². The summed E-state index contributed by atoms with van der Waals surface area (Å²) in [4.78, 5) is 11.4. The Morgan fingerprint density at radius 2 is 1.92 bits per heavy atom. The highest BCUT2D eigenvalue weighted by Gasteiger charge is 2.07. The molecule has 0 bridgehead atoms. The fourth-order valence-electron chi connectivity index (χ4n) is 0.857. The molecule has 0 aliphatic carbocycles. The number of nitrogens with zero attached hydrogens (tertiary/aromatic N) is 1. The molecule has 0 aromatic heterocycles. The normalized spacial score (nSPS) is 11.2. The third-order valence-corrected chi connectivity index (χ3v) is 1.56. The van der Waals surface area contributed by atoms with Gasteiger partial charge in [0.2, 0.25) is 5.78 Å². The molecule has 1 aromatic carbocycles. The lowest BCUT2D eigenvalue weighted by Gasteiger charge is -1.96. The molecule has 12 heavy (non-hydrogen) atoms. The lowest BCUT2D eigenvalue weighted by atomic mass is 10.1. The van der Waals surface area contributed by atoms with Gasteiger partial charge in [-0.2, -0.15) is 5.10 Å². The van der Waals surface area contributed by atoms with E-state index in [2.05, 4.69) is 5.10 Å². The quantitative estimate of drug-likeness (QED) is 0.307. The van der Waals surface area contributed by atoms with Gasteiger partial charge in [-0.3, -0.25) is 4.79 Å². The van der Waals surface area contributed by atoms with Crippen LogP contribution < -0.4 is 5.84 Å². The minimum absolute atomic E-state index is 0.127. The van der Waals surface area contributed by atoms with E-state index in [-0.39, 0.29) is 5.78 Å². The van der Waals surface area contributed by atoms with Gasteiger partial charge < -0.3 is 5.84 Å². The van der Waals surface area contributed by atoms with Crippen LogP contribution in [0.1, 0.15) is 17.3 Å². The highest BCUT2D eigenvalue weighted by Crippen LogP contribution is 2.00. The summed E-state index contributed by atoms with van der Waals surface area (Å²) >= 11 is 0. The molecule has 0 heterocycles. The number of carbonyl (C=O) groups is 1. The predicted octanol–water partition coefficient (Wildman–Crippen LogP) is 1.20. The van der Waals surface area contributed by atoms with Gasteiger partial charge in [-0.25, -0.2) is 0 Å². The molecule has 2 N–H and O–H groups in total. The average Bonchev–Trinajstić information content (AvgIpc) is 2.17. The van der Waals surface area contributed by atoms with E-state index >= 15 is 0 Å². The molecule has 0 saturated heterocycles. The summed E-state index contributed by atoms with van der Waals surface area (Å²) < 4.78 is 0. The molecule has 1 aromatic rings. The van der Waals surface area contributed by atoms with Crippen molar-refractivity contribution in [1.82, 2.24) is 0 Å². The number of carbonyl (C=O) groups excluding carboxylic acids is 1. The second-order valence-corrected chi connectivity index (χ2v) is 2.41. The number of hydrogen-bond acceptors (Lipinski definition) is 3. The summed E-state index contributed by atoms with van der Waals surface area (Å²) in [6.45, 7) is 1.59. The van der Waals surface area contributed by atoms with Crippen molar-refractivity contribution in [2.75, 3.05) is 0 Å². The standard InChI is InChI=1S/C9H10N2O/c1-7(11-10)9(12)8-5-3-2-4-6-8/h2-6H,10H2,1H3/b11-7+. The maximum Gasteiger partial charge on any atom is 0.208 e. The van der Waals surface area contributed by atoms with Gasteiger partial charge in [0.1, 0.15) is 5.71 Å². The molecule has 1 rings (SSSR count). The maximum absolute atomic E-state index is 11.4. The van der Waals surface area contributed by atoms with Crippen molar-refractivity contribution in [2.45, 2.75) is 6.92 Å². The van der Waals surface area contributed by atoms with E-state index in [1.54, 1.807) is 31.2 Å². The Kier molecular flexibility index (Phi) is 2.58. The van der Waals surface area contributed by atoms with Crippen LogP contribution in [0.3, 0.4) is 0 Å². The SMILES string of the molecule is C/C(=N\N)C(=O)c1ccccc1. The molecule has 0 unspecified atom stereocenters. The second kappa shape index (κ2) is 3.67. The first-order valence-corrected chi connectivity index (χ1v) is 3.60.